The lowest BCUT2D eigenvalue weighted by Gasteiger charge is -2.26. The molecule has 1 saturated heterocycles. The highest BCUT2D eigenvalue weighted by Gasteiger charge is 2.18. The van der Waals surface area contributed by atoms with Gasteiger partial charge in [0, 0.05) is 37.3 Å². The molecule has 130 valence electrons. The van der Waals surface area contributed by atoms with E-state index in [0.29, 0.717) is 23.0 Å². The maximum atomic E-state index is 12.4. The number of fused-ring (bicyclic) bond motifs is 1. The van der Waals surface area contributed by atoms with E-state index in [9.17, 15) is 4.79 Å². The van der Waals surface area contributed by atoms with Crippen LogP contribution >= 0.6 is 11.3 Å². The van der Waals surface area contributed by atoms with Crippen LogP contribution in [0.25, 0.3) is 10.2 Å². The number of nitrogens with zero attached hydrogens (tertiary/aromatic N) is 2. The molecule has 1 aliphatic heterocycles. The summed E-state index contributed by atoms with van der Waals surface area (Å²) in [5.74, 6) is 0.235. The number of ether oxygens (including phenoxy) is 1. The third-order valence-corrected chi connectivity index (χ3v) is 5.34. The number of aromatic nitrogens is 1. The number of amides is 1. The topological polar surface area (TPSA) is 80.5 Å². The number of carbonyl (C=O) groups excluding carboxylic acids is 1. The van der Waals surface area contributed by atoms with Gasteiger partial charge < -0.3 is 15.8 Å². The molecule has 3 rings (SSSR count). The van der Waals surface area contributed by atoms with E-state index in [1.807, 2.05) is 12.1 Å². The summed E-state index contributed by atoms with van der Waals surface area (Å²) < 4.78 is 5.32. The highest BCUT2D eigenvalue weighted by Crippen LogP contribution is 2.33. The molecule has 1 fully saturated rings. The first kappa shape index (κ1) is 17.1. The van der Waals surface area contributed by atoms with Gasteiger partial charge in [0.05, 0.1) is 18.9 Å². The van der Waals surface area contributed by atoms with Gasteiger partial charge in [0.25, 0.3) is 5.91 Å². The van der Waals surface area contributed by atoms with Crippen molar-refractivity contribution in [3.63, 3.8) is 0 Å². The fourth-order valence-electron chi connectivity index (χ4n) is 2.73. The van der Waals surface area contributed by atoms with E-state index >= 15 is 0 Å². The lowest BCUT2D eigenvalue weighted by molar-refractivity contribution is 0.0383. The molecule has 0 aliphatic carbocycles. The standard InChI is InChI=1S/C17H24N4O2S/c1-11(2)13-4-3-12-14(18)15(24-17(12)20-13)16(22)19-5-6-21-7-9-23-10-8-21/h3-4,11H,5-10,18H2,1-2H3,(H,19,22). The van der Waals surface area contributed by atoms with Crippen LogP contribution < -0.4 is 11.1 Å². The van der Waals surface area contributed by atoms with Crippen molar-refractivity contribution in [3.8, 4) is 0 Å². The minimum Gasteiger partial charge on any atom is -0.397 e. The van der Waals surface area contributed by atoms with Gasteiger partial charge in [-0.05, 0) is 18.1 Å². The number of pyridine rings is 1. The molecular weight excluding hydrogens is 324 g/mol. The maximum Gasteiger partial charge on any atom is 0.263 e. The van der Waals surface area contributed by atoms with Gasteiger partial charge >= 0.3 is 0 Å². The molecule has 0 spiro atoms. The Bertz CT molecular complexity index is 723. The molecule has 2 aromatic rings. The predicted octanol–water partition coefficient (Wildman–Crippen LogP) is 2.06. The zero-order chi connectivity index (χ0) is 17.1. The first-order chi connectivity index (χ1) is 11.6. The van der Waals surface area contributed by atoms with Gasteiger partial charge in [-0.25, -0.2) is 4.98 Å². The zero-order valence-electron chi connectivity index (χ0n) is 14.2. The number of nitrogens with one attached hydrogen (secondary N) is 1. The van der Waals surface area contributed by atoms with Crippen LogP contribution in [0.5, 0.6) is 0 Å². The fourth-order valence-corrected chi connectivity index (χ4v) is 3.75. The number of nitrogens with two attached hydrogens (primary N) is 1. The molecular formula is C17H24N4O2S. The van der Waals surface area contributed by atoms with Crippen LogP contribution in [0.2, 0.25) is 0 Å². The Balaban J connectivity index is 1.66. The molecule has 6 nitrogen and oxygen atoms in total. The van der Waals surface area contributed by atoms with Crippen LogP contribution in [-0.4, -0.2) is 55.2 Å². The molecule has 0 radical (unpaired) electrons. The van der Waals surface area contributed by atoms with Gasteiger partial charge in [0.15, 0.2) is 0 Å². The Morgan fingerprint density at radius 3 is 2.88 bits per heavy atom. The predicted molar refractivity (Wildman–Crippen MR) is 97.7 cm³/mol. The molecule has 0 aromatic carbocycles. The third-order valence-electron chi connectivity index (χ3n) is 4.23. The molecule has 0 unspecified atom stereocenters. The highest BCUT2D eigenvalue weighted by atomic mass is 32.1. The van der Waals surface area contributed by atoms with Crippen LogP contribution in [-0.2, 0) is 4.74 Å². The normalized spacial score (nSPS) is 16.0. The van der Waals surface area contributed by atoms with Gasteiger partial charge in [-0.2, -0.15) is 0 Å². The summed E-state index contributed by atoms with van der Waals surface area (Å²) >= 11 is 1.37. The van der Waals surface area contributed by atoms with Gasteiger partial charge in [0.2, 0.25) is 0 Å². The highest BCUT2D eigenvalue weighted by molar-refractivity contribution is 7.21. The second-order valence-corrected chi connectivity index (χ2v) is 7.30. The molecule has 1 amide bonds. The molecule has 3 heterocycles. The van der Waals surface area contributed by atoms with E-state index in [0.717, 1.165) is 48.8 Å². The van der Waals surface area contributed by atoms with E-state index in [2.05, 4.69) is 29.0 Å². The average Bonchev–Trinajstić information content (AvgIpc) is 2.92. The van der Waals surface area contributed by atoms with E-state index in [4.69, 9.17) is 10.5 Å². The largest absolute Gasteiger partial charge is 0.397 e. The molecule has 24 heavy (non-hydrogen) atoms. The number of hydrogen-bond acceptors (Lipinski definition) is 6. The number of morpholine rings is 1. The van der Waals surface area contributed by atoms with Crippen molar-refractivity contribution < 1.29 is 9.53 Å². The van der Waals surface area contributed by atoms with Gasteiger partial charge in [-0.3, -0.25) is 9.69 Å². The minimum atomic E-state index is -0.116. The minimum absolute atomic E-state index is 0.116. The molecule has 0 saturated carbocycles. The van der Waals surface area contributed by atoms with Crippen molar-refractivity contribution in [1.82, 2.24) is 15.2 Å². The van der Waals surface area contributed by atoms with E-state index < -0.39 is 0 Å². The number of rotatable bonds is 5. The van der Waals surface area contributed by atoms with Crippen LogP contribution in [0, 0.1) is 0 Å². The lowest BCUT2D eigenvalue weighted by atomic mass is 10.1. The van der Waals surface area contributed by atoms with Gasteiger partial charge in [-0.1, -0.05) is 13.8 Å². The summed E-state index contributed by atoms with van der Waals surface area (Å²) in [7, 11) is 0. The van der Waals surface area contributed by atoms with Crippen LogP contribution in [0.15, 0.2) is 12.1 Å². The Kier molecular flexibility index (Phi) is 5.33. The van der Waals surface area contributed by atoms with Crippen LogP contribution in [0.4, 0.5) is 5.69 Å². The van der Waals surface area contributed by atoms with Crippen LogP contribution in [0.1, 0.15) is 35.1 Å². The zero-order valence-corrected chi connectivity index (χ0v) is 15.0. The Labute approximate surface area is 146 Å². The Hall–Kier alpha value is -1.70. The number of nitrogen functional groups attached to an aromatic ring is 1. The van der Waals surface area contributed by atoms with Crippen LogP contribution in [0.3, 0.4) is 0 Å². The lowest BCUT2D eigenvalue weighted by Crippen LogP contribution is -2.41. The summed E-state index contributed by atoms with van der Waals surface area (Å²) in [4.78, 5) is 20.7. The summed E-state index contributed by atoms with van der Waals surface area (Å²) in [6, 6.07) is 3.95. The van der Waals surface area contributed by atoms with Gasteiger partial charge in [-0.15, -0.1) is 11.3 Å². The number of hydrogen-bond donors (Lipinski definition) is 2. The molecule has 0 atom stereocenters. The Morgan fingerprint density at radius 1 is 1.42 bits per heavy atom. The van der Waals surface area contributed by atoms with Gasteiger partial charge in [0.1, 0.15) is 9.71 Å². The maximum absolute atomic E-state index is 12.4. The van der Waals surface area contributed by atoms with Crippen molar-refractivity contribution in [2.24, 2.45) is 0 Å². The monoisotopic (exact) mass is 348 g/mol. The molecule has 3 N–H and O–H groups in total. The van der Waals surface area contributed by atoms with Crippen molar-refractivity contribution in [2.75, 3.05) is 45.1 Å². The smallest absolute Gasteiger partial charge is 0.263 e. The third kappa shape index (κ3) is 3.68. The molecule has 7 heteroatoms. The first-order valence-electron chi connectivity index (χ1n) is 8.33. The van der Waals surface area contributed by atoms with Crippen molar-refractivity contribution in [1.29, 1.82) is 0 Å². The molecule has 2 aromatic heterocycles. The summed E-state index contributed by atoms with van der Waals surface area (Å²) in [5.41, 5.74) is 7.71. The summed E-state index contributed by atoms with van der Waals surface area (Å²) in [6.45, 7) is 9.01. The van der Waals surface area contributed by atoms with Crippen molar-refractivity contribution in [2.45, 2.75) is 19.8 Å². The van der Waals surface area contributed by atoms with E-state index in [-0.39, 0.29) is 5.91 Å². The van der Waals surface area contributed by atoms with E-state index in [1.54, 1.807) is 0 Å². The average molecular weight is 348 g/mol. The fraction of sp³-hybridized carbons (Fsp3) is 0.529. The second kappa shape index (κ2) is 7.46. The first-order valence-corrected chi connectivity index (χ1v) is 9.15. The summed E-state index contributed by atoms with van der Waals surface area (Å²) in [6.07, 6.45) is 0. The second-order valence-electron chi connectivity index (χ2n) is 6.30. The molecule has 0 bridgehead atoms. The number of anilines is 1. The quantitative estimate of drug-likeness (QED) is 0.864. The SMILES string of the molecule is CC(C)c1ccc2c(N)c(C(=O)NCCN3CCOCC3)sc2n1. The Morgan fingerprint density at radius 2 is 2.17 bits per heavy atom. The van der Waals surface area contributed by atoms with Crippen molar-refractivity contribution in [3.05, 3.63) is 22.7 Å². The number of thiophene rings is 1. The van der Waals surface area contributed by atoms with Crippen molar-refractivity contribution >= 4 is 33.1 Å². The molecule has 1 aliphatic rings. The summed E-state index contributed by atoms with van der Waals surface area (Å²) in [5, 5.41) is 3.83. The number of carbonyl (C=O) groups is 1. The van der Waals surface area contributed by atoms with E-state index in [1.165, 1.54) is 11.3 Å².